The maximum absolute atomic E-state index is 4.39. The van der Waals surface area contributed by atoms with Crippen molar-refractivity contribution in [2.45, 2.75) is 173 Å². The van der Waals surface area contributed by atoms with E-state index in [1.807, 2.05) is 295 Å². The third kappa shape index (κ3) is 33.2. The van der Waals surface area contributed by atoms with Gasteiger partial charge in [-0.1, -0.05) is 163 Å². The largest absolute Gasteiger partial charge is 0.264 e. The summed E-state index contributed by atoms with van der Waals surface area (Å²) >= 11 is 0. The normalized spacial score (nSPS) is 8.56. The fourth-order valence-corrected chi connectivity index (χ4v) is 7.84. The highest BCUT2D eigenvalue weighted by Crippen LogP contribution is 2.21. The van der Waals surface area contributed by atoms with Crippen LogP contribution in [0.4, 0.5) is 0 Å². The first-order chi connectivity index (χ1) is 43.9. The summed E-state index contributed by atoms with van der Waals surface area (Å²) in [6, 6.07) is 51.5. The second-order valence-electron chi connectivity index (χ2n) is 17.0. The molecule has 0 unspecified atom stereocenters. The molecule has 0 saturated carbocycles. The Morgan fingerprint density at radius 3 is 0.911 bits per heavy atom. The summed E-state index contributed by atoms with van der Waals surface area (Å²) in [7, 11) is 10.2. The number of hydrogen-bond acceptors (Lipinski definition) is 4. The number of benzene rings is 1. The molecule has 0 fully saturated rings. The standard InChI is InChI=1S/C13H14N.4C12H13N2.10C2H6/c1-11-7-3-4-8-12(11)13-9-5-6-10-14(13)2;1-10-11(6-5-8-13-10)12-7-3-4-9-14(12)2;1-10-6-5-8-13-12(10)11-7-3-4-9-14(11)2;1-10-9-13-7-6-11(10)12-5-3-4-8-14(12)2;1-10-6-7-13-9-11(10)12-5-3-4-8-14(12)2;10*1-2/h3-10H,1-2H3;4*3-9H,1-2H3;10*1-2H3/q5*+1;;;;;;;;;;. The molecule has 0 saturated heterocycles. The topological polar surface area (TPSA) is 71.0 Å². The van der Waals surface area contributed by atoms with Crippen LogP contribution in [0, 0.1) is 34.6 Å². The lowest BCUT2D eigenvalue weighted by atomic mass is 10.1. The molecule has 10 rings (SSSR count). The quantitative estimate of drug-likeness (QED) is 0.161. The van der Waals surface area contributed by atoms with Crippen molar-refractivity contribution in [3.63, 3.8) is 0 Å². The van der Waals surface area contributed by atoms with Gasteiger partial charge in [-0.15, -0.1) is 0 Å². The van der Waals surface area contributed by atoms with Crippen molar-refractivity contribution in [2.75, 3.05) is 0 Å². The highest BCUT2D eigenvalue weighted by atomic mass is 14.9. The molecular weight excluding hydrogens is 1100 g/mol. The molecule has 9 heterocycles. The third-order valence-corrected chi connectivity index (χ3v) is 11.8. The molecule has 0 N–H and O–H groups in total. The van der Waals surface area contributed by atoms with E-state index in [4.69, 9.17) is 0 Å². The number of aromatic nitrogens is 9. The van der Waals surface area contributed by atoms with E-state index in [9.17, 15) is 0 Å². The Hall–Kier alpha value is -8.43. The van der Waals surface area contributed by atoms with Gasteiger partial charge in [-0.2, -0.15) is 4.57 Å². The molecule has 90 heavy (non-hydrogen) atoms. The predicted octanol–water partition coefficient (Wildman–Crippen LogP) is 20.3. The molecule has 0 bridgehead atoms. The molecule has 0 amide bonds. The minimum absolute atomic E-state index is 1.05. The summed E-state index contributed by atoms with van der Waals surface area (Å²) in [5.74, 6) is 0. The van der Waals surface area contributed by atoms with Crippen LogP contribution in [0.2, 0.25) is 0 Å². The molecule has 0 radical (unpaired) electrons. The van der Waals surface area contributed by atoms with Crippen molar-refractivity contribution in [3.8, 4) is 56.4 Å². The fraction of sp³-hybridized carbons (Fsp3) is 0.370. The van der Waals surface area contributed by atoms with Gasteiger partial charge in [-0.3, -0.25) is 15.0 Å². The van der Waals surface area contributed by atoms with Gasteiger partial charge in [0.2, 0.25) is 28.5 Å². The lowest BCUT2D eigenvalue weighted by Gasteiger charge is -2.02. The molecule has 0 aliphatic rings. The SMILES string of the molecule is CC.CC.CC.CC.CC.CC.CC.CC.CC.CC.Cc1ccccc1-c1cccc[n+]1C.Cc1cccnc1-c1cccc[n+]1C.Cc1ccncc1-c1cccc[n+]1C.Cc1cnccc1-c1cccc[n+]1C.Cc1ncccc1-c1cccc[n+]1C. The number of rotatable bonds is 5. The molecule has 10 aromatic rings. The van der Waals surface area contributed by atoms with E-state index in [1.54, 1.807) is 0 Å². The Bertz CT molecular complexity index is 2540. The molecule has 0 atom stereocenters. The molecular formula is C81H126N9+5. The second kappa shape index (κ2) is 60.8. The van der Waals surface area contributed by atoms with E-state index in [1.165, 1.54) is 67.3 Å². The number of nitrogens with zero attached hydrogens (tertiary/aromatic N) is 9. The van der Waals surface area contributed by atoms with Crippen LogP contribution in [0.5, 0.6) is 0 Å². The molecule has 9 nitrogen and oxygen atoms in total. The zero-order valence-electron chi connectivity index (χ0n) is 62.3. The van der Waals surface area contributed by atoms with Crippen LogP contribution in [0.3, 0.4) is 0 Å². The Kier molecular flexibility index (Phi) is 61.0. The van der Waals surface area contributed by atoms with Crippen LogP contribution < -0.4 is 22.8 Å². The average Bonchev–Trinajstić information content (AvgIpc) is 2.35. The Balaban J connectivity index is -0.000000312. The Morgan fingerprint density at radius 1 is 0.233 bits per heavy atom. The highest BCUT2D eigenvalue weighted by Gasteiger charge is 2.14. The van der Waals surface area contributed by atoms with Crippen molar-refractivity contribution in [3.05, 3.63) is 248 Å². The average molecular weight is 1230 g/mol. The van der Waals surface area contributed by atoms with Crippen LogP contribution in [0.25, 0.3) is 56.4 Å². The van der Waals surface area contributed by atoms with Gasteiger partial charge >= 0.3 is 0 Å². The number of pyridine rings is 9. The summed E-state index contributed by atoms with van der Waals surface area (Å²) in [6.07, 6.45) is 21.3. The zero-order chi connectivity index (χ0) is 69.8. The highest BCUT2D eigenvalue weighted by molar-refractivity contribution is 5.62. The monoisotopic (exact) mass is 1230 g/mol. The van der Waals surface area contributed by atoms with E-state index in [0.717, 1.165) is 17.1 Å². The van der Waals surface area contributed by atoms with Gasteiger partial charge in [-0.05, 0) is 124 Å². The van der Waals surface area contributed by atoms with E-state index in [2.05, 4.69) is 176 Å². The lowest BCUT2D eigenvalue weighted by Crippen LogP contribution is -2.30. The van der Waals surface area contributed by atoms with E-state index in [0.29, 0.717) is 0 Å². The summed E-state index contributed by atoms with van der Waals surface area (Å²) in [5, 5.41) is 0. The summed E-state index contributed by atoms with van der Waals surface area (Å²) < 4.78 is 10.5. The minimum Gasteiger partial charge on any atom is -0.264 e. The van der Waals surface area contributed by atoms with E-state index < -0.39 is 0 Å². The van der Waals surface area contributed by atoms with Gasteiger partial charge in [0, 0.05) is 103 Å². The minimum atomic E-state index is 1.05. The molecule has 490 valence electrons. The number of hydrogen-bond donors (Lipinski definition) is 0. The molecule has 0 aliphatic heterocycles. The Morgan fingerprint density at radius 2 is 0.533 bits per heavy atom. The van der Waals surface area contributed by atoms with Crippen LogP contribution in [-0.2, 0) is 35.2 Å². The third-order valence-electron chi connectivity index (χ3n) is 11.8. The molecule has 1 aromatic carbocycles. The zero-order valence-corrected chi connectivity index (χ0v) is 62.3. The smallest absolute Gasteiger partial charge is 0.231 e. The van der Waals surface area contributed by atoms with Gasteiger partial charge in [-0.25, -0.2) is 23.3 Å². The van der Waals surface area contributed by atoms with Crippen molar-refractivity contribution in [2.24, 2.45) is 35.2 Å². The summed E-state index contributed by atoms with van der Waals surface area (Å²) in [4.78, 5) is 16.9. The molecule has 9 heteroatoms. The van der Waals surface area contributed by atoms with Crippen molar-refractivity contribution >= 4 is 0 Å². The maximum atomic E-state index is 4.39. The van der Waals surface area contributed by atoms with Gasteiger partial charge < -0.3 is 0 Å². The molecule has 0 spiro atoms. The van der Waals surface area contributed by atoms with Gasteiger partial charge in [0.15, 0.2) is 31.0 Å². The first-order valence-electron chi connectivity index (χ1n) is 33.4. The first kappa shape index (κ1) is 90.3. The Labute approximate surface area is 552 Å². The fourth-order valence-electron chi connectivity index (χ4n) is 7.84. The van der Waals surface area contributed by atoms with E-state index >= 15 is 0 Å². The van der Waals surface area contributed by atoms with Crippen LogP contribution in [0.1, 0.15) is 166 Å². The number of aryl methyl sites for hydroxylation is 10. The van der Waals surface area contributed by atoms with Crippen molar-refractivity contribution in [1.29, 1.82) is 0 Å². The van der Waals surface area contributed by atoms with Crippen LogP contribution in [0.15, 0.2) is 220 Å². The molecule has 9 aromatic heterocycles. The molecule has 0 aliphatic carbocycles. The first-order valence-corrected chi connectivity index (χ1v) is 33.4. The van der Waals surface area contributed by atoms with Crippen molar-refractivity contribution in [1.82, 2.24) is 19.9 Å². The lowest BCUT2D eigenvalue weighted by molar-refractivity contribution is -0.660. The van der Waals surface area contributed by atoms with Gasteiger partial charge in [0.1, 0.15) is 40.9 Å². The summed E-state index contributed by atoms with van der Waals surface area (Å²) in [5.41, 5.74) is 18.0. The van der Waals surface area contributed by atoms with Crippen LogP contribution in [-0.4, -0.2) is 19.9 Å². The van der Waals surface area contributed by atoms with Gasteiger partial charge in [0.05, 0.1) is 22.4 Å². The van der Waals surface area contributed by atoms with Gasteiger partial charge in [0.25, 0.3) is 0 Å². The maximum Gasteiger partial charge on any atom is 0.231 e. The summed E-state index contributed by atoms with van der Waals surface area (Å²) in [6.45, 7) is 50.4. The van der Waals surface area contributed by atoms with Crippen molar-refractivity contribution < 1.29 is 22.8 Å². The van der Waals surface area contributed by atoms with E-state index in [-0.39, 0.29) is 0 Å². The van der Waals surface area contributed by atoms with Crippen LogP contribution >= 0.6 is 0 Å². The second-order valence-corrected chi connectivity index (χ2v) is 17.0. The predicted molar refractivity (Wildman–Crippen MR) is 394 cm³/mol.